The first-order chi connectivity index (χ1) is 17.2. The Morgan fingerprint density at radius 1 is 1.19 bits per heavy atom. The molecule has 2 amide bonds. The molecule has 0 spiro atoms. The molecule has 0 fully saturated rings. The highest BCUT2D eigenvalue weighted by Crippen LogP contribution is 2.19. The van der Waals surface area contributed by atoms with Crippen molar-refractivity contribution < 1.29 is 14.7 Å². The van der Waals surface area contributed by atoms with Gasteiger partial charge in [-0.05, 0) is 50.0 Å². The summed E-state index contributed by atoms with van der Waals surface area (Å²) in [4.78, 5) is 43.0. The maximum Gasteiger partial charge on any atom is 0.321 e. The molecule has 0 saturated heterocycles. The molecule has 0 saturated carbocycles. The van der Waals surface area contributed by atoms with Gasteiger partial charge >= 0.3 is 12.0 Å². The molecule has 0 aliphatic rings. The summed E-state index contributed by atoms with van der Waals surface area (Å²) in [7, 11) is 3.23. The first-order valence-corrected chi connectivity index (χ1v) is 12.1. The third-order valence-electron chi connectivity index (χ3n) is 6.12. The minimum Gasteiger partial charge on any atom is -0.481 e. The zero-order chi connectivity index (χ0) is 26.8. The van der Waals surface area contributed by atoms with E-state index >= 15 is 0 Å². The number of aromatic nitrogens is 2. The third kappa shape index (κ3) is 6.84. The van der Waals surface area contributed by atoms with Crippen molar-refractivity contribution >= 4 is 29.5 Å². The first kappa shape index (κ1) is 28.4. The summed E-state index contributed by atoms with van der Waals surface area (Å²) in [5, 5.41) is 15.9. The number of rotatable bonds is 10. The van der Waals surface area contributed by atoms with Crippen LogP contribution in [0.1, 0.15) is 58.6 Å². The van der Waals surface area contributed by atoms with Crippen LogP contribution in [0.15, 0.2) is 46.9 Å². The Kier molecular flexibility index (Phi) is 10.5. The lowest BCUT2D eigenvalue weighted by Gasteiger charge is -2.22. The molecule has 1 aromatic carbocycles. The molecule has 0 aliphatic heterocycles. The van der Waals surface area contributed by atoms with Crippen LogP contribution in [0.3, 0.4) is 0 Å². The van der Waals surface area contributed by atoms with Crippen molar-refractivity contribution in [3.05, 3.63) is 68.7 Å². The van der Waals surface area contributed by atoms with E-state index in [-0.39, 0.29) is 36.4 Å². The van der Waals surface area contributed by atoms with Gasteiger partial charge in [0.25, 0.3) is 5.56 Å². The number of carboxylic acid groups (broad SMARTS) is 1. The van der Waals surface area contributed by atoms with E-state index in [9.17, 15) is 14.4 Å². The number of carboxylic acids is 1. The Morgan fingerprint density at radius 3 is 2.42 bits per heavy atom. The number of allylic oxidation sites excluding steroid dienone is 2. The zero-order valence-corrected chi connectivity index (χ0v) is 22.0. The van der Waals surface area contributed by atoms with E-state index in [2.05, 4.69) is 15.6 Å². The van der Waals surface area contributed by atoms with Gasteiger partial charge in [0.15, 0.2) is 5.82 Å². The molecular formula is C27H37N5O4. The topological polar surface area (TPSA) is 117 Å². The van der Waals surface area contributed by atoms with E-state index in [4.69, 9.17) is 5.11 Å². The molecule has 0 aliphatic carbocycles. The van der Waals surface area contributed by atoms with Gasteiger partial charge in [-0.15, -0.1) is 0 Å². The number of carbonyl (C=O) groups excluding carboxylic acids is 1. The lowest BCUT2D eigenvalue weighted by Crippen LogP contribution is -2.49. The van der Waals surface area contributed by atoms with Crippen molar-refractivity contribution in [2.45, 2.75) is 53.0 Å². The molecule has 0 radical (unpaired) electrons. The van der Waals surface area contributed by atoms with Gasteiger partial charge in [0.1, 0.15) is 0 Å². The molecule has 9 heteroatoms. The van der Waals surface area contributed by atoms with Crippen LogP contribution < -0.4 is 26.9 Å². The summed E-state index contributed by atoms with van der Waals surface area (Å²) in [5.74, 6) is -0.872. The Morgan fingerprint density at radius 2 is 1.86 bits per heavy atom. The van der Waals surface area contributed by atoms with Crippen molar-refractivity contribution in [2.75, 3.05) is 26.0 Å². The number of hydrogen-bond donors (Lipinski definition) is 3. The maximum atomic E-state index is 13.8. The fraction of sp³-hybridized carbons (Fsp3) is 0.407. The second-order valence-corrected chi connectivity index (χ2v) is 8.50. The number of aliphatic carboxylic acids is 1. The number of amides is 2. The summed E-state index contributed by atoms with van der Waals surface area (Å²) in [6.07, 6.45) is 4.80. The van der Waals surface area contributed by atoms with Crippen LogP contribution in [0.4, 0.5) is 10.6 Å². The van der Waals surface area contributed by atoms with Gasteiger partial charge in [-0.2, -0.15) is 0 Å². The van der Waals surface area contributed by atoms with E-state index < -0.39 is 5.97 Å². The number of carbonyl (C=O) groups is 2. The van der Waals surface area contributed by atoms with Crippen LogP contribution in [0.2, 0.25) is 0 Å². The van der Waals surface area contributed by atoms with E-state index in [1.54, 1.807) is 30.8 Å². The van der Waals surface area contributed by atoms with Crippen LogP contribution in [-0.4, -0.2) is 52.2 Å². The molecule has 1 heterocycles. The number of nitrogens with one attached hydrogen (secondary N) is 2. The summed E-state index contributed by atoms with van der Waals surface area (Å²) < 4.78 is 1.77. The quantitative estimate of drug-likeness (QED) is 0.467. The van der Waals surface area contributed by atoms with E-state index in [1.165, 1.54) is 4.90 Å². The fourth-order valence-corrected chi connectivity index (χ4v) is 3.85. The first-order valence-electron chi connectivity index (χ1n) is 12.1. The average molecular weight is 496 g/mol. The highest BCUT2D eigenvalue weighted by atomic mass is 16.4. The second-order valence-electron chi connectivity index (χ2n) is 8.50. The lowest BCUT2D eigenvalue weighted by molar-refractivity contribution is -0.136. The molecule has 9 nitrogen and oxygen atoms in total. The normalized spacial score (nSPS) is 13.7. The van der Waals surface area contributed by atoms with Gasteiger partial charge < -0.3 is 20.6 Å². The Bertz CT molecular complexity index is 1280. The van der Waals surface area contributed by atoms with Crippen LogP contribution in [0.25, 0.3) is 11.6 Å². The molecule has 3 N–H and O–H groups in total. The largest absolute Gasteiger partial charge is 0.481 e. The smallest absolute Gasteiger partial charge is 0.321 e. The summed E-state index contributed by atoms with van der Waals surface area (Å²) in [5.41, 5.74) is 2.36. The van der Waals surface area contributed by atoms with E-state index in [0.29, 0.717) is 29.2 Å². The second kappa shape index (κ2) is 13.3. The van der Waals surface area contributed by atoms with Crippen molar-refractivity contribution in [1.82, 2.24) is 19.8 Å². The number of nitrogens with zero attached hydrogens (tertiary/aromatic N) is 3. The van der Waals surface area contributed by atoms with Gasteiger partial charge in [0.2, 0.25) is 0 Å². The minimum absolute atomic E-state index is 0.0727. The minimum atomic E-state index is -0.965. The SMILES string of the molecule is CCC(C)=c1/c(=C\C=C(/C)N(C)C(=O)NC)nc(NCCC(=O)O)c(=O)n1C(CC)c1ccccc1. The molecule has 1 atom stereocenters. The molecular weight excluding hydrogens is 458 g/mol. The summed E-state index contributed by atoms with van der Waals surface area (Å²) in [6.45, 7) is 7.91. The third-order valence-corrected chi connectivity index (χ3v) is 6.12. The standard InChI is InChI=1S/C27H37N5O4/c1-7-18(3)24-21(15-14-19(4)31(6)27(36)28-5)30-25(29-17-16-23(33)34)26(35)32(24)22(8-2)20-12-10-9-11-13-20/h9-15,22H,7-8,16-17H2,1-6H3,(H,28,36)(H,29,30)(H,33,34)/b19-14+,21-15+,24-18?. The molecule has 1 unspecified atom stereocenters. The number of hydrogen-bond acceptors (Lipinski definition) is 5. The van der Waals surface area contributed by atoms with Crippen LogP contribution in [0, 0.1) is 0 Å². The van der Waals surface area contributed by atoms with Crippen molar-refractivity contribution in [3.8, 4) is 0 Å². The molecule has 2 rings (SSSR count). The monoisotopic (exact) mass is 495 g/mol. The number of anilines is 1. The van der Waals surface area contributed by atoms with Gasteiger partial charge in [-0.3, -0.25) is 14.2 Å². The highest BCUT2D eigenvalue weighted by molar-refractivity contribution is 5.75. The van der Waals surface area contributed by atoms with Crippen LogP contribution in [0.5, 0.6) is 0 Å². The Labute approximate surface area is 211 Å². The lowest BCUT2D eigenvalue weighted by atomic mass is 10.0. The number of benzene rings is 1. The Balaban J connectivity index is 2.91. The summed E-state index contributed by atoms with van der Waals surface area (Å²) in [6, 6.07) is 9.32. The molecule has 194 valence electrons. The maximum absolute atomic E-state index is 13.8. The summed E-state index contributed by atoms with van der Waals surface area (Å²) >= 11 is 0. The van der Waals surface area contributed by atoms with Crippen molar-refractivity contribution in [2.24, 2.45) is 0 Å². The fourth-order valence-electron chi connectivity index (χ4n) is 3.85. The van der Waals surface area contributed by atoms with E-state index in [1.807, 2.05) is 58.0 Å². The molecule has 2 aromatic rings. The van der Waals surface area contributed by atoms with Crippen molar-refractivity contribution in [3.63, 3.8) is 0 Å². The van der Waals surface area contributed by atoms with Crippen LogP contribution >= 0.6 is 0 Å². The van der Waals surface area contributed by atoms with Crippen molar-refractivity contribution in [1.29, 1.82) is 0 Å². The highest BCUT2D eigenvalue weighted by Gasteiger charge is 2.19. The van der Waals surface area contributed by atoms with Gasteiger partial charge in [0, 0.05) is 26.3 Å². The molecule has 1 aromatic heterocycles. The Hall–Kier alpha value is -3.88. The van der Waals surface area contributed by atoms with Gasteiger partial charge in [-0.25, -0.2) is 9.78 Å². The van der Waals surface area contributed by atoms with E-state index in [0.717, 1.165) is 11.1 Å². The van der Waals surface area contributed by atoms with Gasteiger partial charge in [-0.1, -0.05) is 44.2 Å². The average Bonchev–Trinajstić information content (AvgIpc) is 2.88. The van der Waals surface area contributed by atoms with Gasteiger partial charge in [0.05, 0.1) is 23.2 Å². The molecule has 36 heavy (non-hydrogen) atoms. The number of urea groups is 1. The predicted molar refractivity (Wildman–Crippen MR) is 143 cm³/mol. The molecule has 0 bridgehead atoms. The zero-order valence-electron chi connectivity index (χ0n) is 22.0. The van der Waals surface area contributed by atoms with Crippen LogP contribution in [-0.2, 0) is 4.79 Å². The predicted octanol–water partition coefficient (Wildman–Crippen LogP) is 2.67.